The predicted octanol–water partition coefficient (Wildman–Crippen LogP) is 3.13. The quantitative estimate of drug-likeness (QED) is 0.623. The zero-order chi connectivity index (χ0) is 10.0. The molecule has 0 saturated carbocycles. The van der Waals surface area contributed by atoms with Crippen LogP contribution in [0.25, 0.3) is 0 Å². The van der Waals surface area contributed by atoms with Gasteiger partial charge in [-0.05, 0) is 37.9 Å². The second-order valence-corrected chi connectivity index (χ2v) is 3.85. The Hall–Kier alpha value is -0.620. The van der Waals surface area contributed by atoms with Gasteiger partial charge >= 0.3 is 0 Å². The number of nitrogens with zero attached hydrogens (tertiary/aromatic N) is 1. The van der Waals surface area contributed by atoms with E-state index in [1.807, 2.05) is 0 Å². The van der Waals surface area contributed by atoms with Crippen molar-refractivity contribution in [3.8, 4) is 5.75 Å². The van der Waals surface area contributed by atoms with E-state index in [4.69, 9.17) is 4.74 Å². The molecule has 0 unspecified atom stereocenters. The summed E-state index contributed by atoms with van der Waals surface area (Å²) in [5, 5.41) is 10.5. The maximum Gasteiger partial charge on any atom is 0.288 e. The van der Waals surface area contributed by atoms with Gasteiger partial charge in [0.1, 0.15) is 10.2 Å². The first kappa shape index (κ1) is 10.5. The minimum Gasteiger partial charge on any atom is -0.496 e. The molecule has 0 amide bonds. The number of rotatable bonds is 2. The van der Waals surface area contributed by atoms with Gasteiger partial charge in [0.25, 0.3) is 5.69 Å². The topological polar surface area (TPSA) is 52.4 Å². The van der Waals surface area contributed by atoms with E-state index in [1.165, 1.54) is 13.2 Å². The lowest BCUT2D eigenvalue weighted by Crippen LogP contribution is -1.92. The Bertz CT molecular complexity index is 354. The van der Waals surface area contributed by atoms with Crippen LogP contribution in [0.3, 0.4) is 0 Å². The minimum atomic E-state index is -0.475. The third-order valence-corrected chi connectivity index (χ3v) is 3.41. The van der Waals surface area contributed by atoms with E-state index in [1.54, 1.807) is 6.07 Å². The summed E-state index contributed by atoms with van der Waals surface area (Å²) in [5.74, 6) is 0.446. The summed E-state index contributed by atoms with van der Waals surface area (Å²) in [7, 11) is 1.46. The highest BCUT2D eigenvalue weighted by Crippen LogP contribution is 2.36. The van der Waals surface area contributed by atoms with Crippen LogP contribution in [-0.2, 0) is 0 Å². The van der Waals surface area contributed by atoms with Gasteiger partial charge in [-0.15, -0.1) is 0 Å². The molecule has 0 heterocycles. The van der Waals surface area contributed by atoms with Crippen LogP contribution in [0.2, 0.25) is 0 Å². The molecular formula is C7H5Br2NO3. The summed E-state index contributed by atoms with van der Waals surface area (Å²) >= 11 is 6.27. The molecule has 1 aromatic carbocycles. The highest BCUT2D eigenvalue weighted by molar-refractivity contribution is 9.13. The Morgan fingerprint density at radius 1 is 1.46 bits per heavy atom. The van der Waals surface area contributed by atoms with Crippen LogP contribution in [0.4, 0.5) is 5.69 Å². The number of hydrogen-bond acceptors (Lipinski definition) is 3. The van der Waals surface area contributed by atoms with Gasteiger partial charge in [0.05, 0.1) is 18.1 Å². The van der Waals surface area contributed by atoms with Gasteiger partial charge < -0.3 is 4.74 Å². The Kier molecular flexibility index (Phi) is 3.27. The summed E-state index contributed by atoms with van der Waals surface area (Å²) in [4.78, 5) is 10.1. The van der Waals surface area contributed by atoms with Gasteiger partial charge in [-0.1, -0.05) is 0 Å². The van der Waals surface area contributed by atoms with Crippen molar-refractivity contribution in [2.75, 3.05) is 7.11 Å². The van der Waals surface area contributed by atoms with Crippen molar-refractivity contribution < 1.29 is 9.66 Å². The van der Waals surface area contributed by atoms with Crippen LogP contribution in [-0.4, -0.2) is 12.0 Å². The Balaban J connectivity index is 3.33. The molecule has 0 aromatic heterocycles. The molecule has 0 saturated heterocycles. The van der Waals surface area contributed by atoms with Crippen molar-refractivity contribution >= 4 is 37.5 Å². The highest BCUT2D eigenvalue weighted by Gasteiger charge is 2.16. The first-order valence-corrected chi connectivity index (χ1v) is 4.82. The molecule has 0 aliphatic carbocycles. The molecule has 6 heteroatoms. The van der Waals surface area contributed by atoms with Gasteiger partial charge in [-0.3, -0.25) is 10.1 Å². The lowest BCUT2D eigenvalue weighted by atomic mass is 10.3. The van der Waals surface area contributed by atoms with Crippen LogP contribution in [0, 0.1) is 10.1 Å². The molecule has 0 bridgehead atoms. The third-order valence-electron chi connectivity index (χ3n) is 1.41. The number of halogens is 2. The summed E-state index contributed by atoms with van der Waals surface area (Å²) in [5.41, 5.74) is -0.0220. The summed E-state index contributed by atoms with van der Waals surface area (Å²) < 4.78 is 5.90. The smallest absolute Gasteiger partial charge is 0.288 e. The number of hydrogen-bond donors (Lipinski definition) is 0. The van der Waals surface area contributed by atoms with Crippen LogP contribution < -0.4 is 4.74 Å². The molecule has 0 aliphatic heterocycles. The zero-order valence-corrected chi connectivity index (χ0v) is 9.75. The molecule has 4 nitrogen and oxygen atoms in total. The summed E-state index contributed by atoms with van der Waals surface area (Å²) in [6.07, 6.45) is 0. The van der Waals surface area contributed by atoms with Gasteiger partial charge in [0, 0.05) is 4.47 Å². The molecule has 0 fully saturated rings. The predicted molar refractivity (Wildman–Crippen MR) is 55.0 cm³/mol. The summed E-state index contributed by atoms with van der Waals surface area (Å²) in [6.45, 7) is 0. The van der Waals surface area contributed by atoms with Gasteiger partial charge in [0.15, 0.2) is 0 Å². The zero-order valence-electron chi connectivity index (χ0n) is 6.58. The molecule has 0 spiro atoms. The van der Waals surface area contributed by atoms with E-state index in [9.17, 15) is 10.1 Å². The highest BCUT2D eigenvalue weighted by atomic mass is 79.9. The largest absolute Gasteiger partial charge is 0.496 e. The molecule has 0 atom stereocenters. The summed E-state index contributed by atoms with van der Waals surface area (Å²) in [6, 6.07) is 3.01. The maximum absolute atomic E-state index is 10.5. The Labute approximate surface area is 91.3 Å². The monoisotopic (exact) mass is 309 g/mol. The molecule has 1 aromatic rings. The standard InChI is InChI=1S/C7H5Br2NO3/c1-13-4-2-5(8)7(9)6(3-4)10(11)12/h2-3H,1H3. The van der Waals surface area contributed by atoms with E-state index < -0.39 is 4.92 Å². The second kappa shape index (κ2) is 4.06. The molecule has 0 radical (unpaired) electrons. The number of nitro benzene ring substituents is 1. The van der Waals surface area contributed by atoms with Crippen molar-refractivity contribution in [1.29, 1.82) is 0 Å². The van der Waals surface area contributed by atoms with Crippen molar-refractivity contribution in [3.05, 3.63) is 31.2 Å². The molecular weight excluding hydrogens is 306 g/mol. The molecule has 0 N–H and O–H groups in total. The van der Waals surface area contributed by atoms with Crippen molar-refractivity contribution in [2.24, 2.45) is 0 Å². The maximum atomic E-state index is 10.5. The van der Waals surface area contributed by atoms with Crippen LogP contribution in [0.5, 0.6) is 5.75 Å². The first-order valence-electron chi connectivity index (χ1n) is 3.23. The molecule has 13 heavy (non-hydrogen) atoms. The second-order valence-electron chi connectivity index (χ2n) is 2.20. The fourth-order valence-corrected chi connectivity index (χ4v) is 1.60. The third kappa shape index (κ3) is 2.19. The van der Waals surface area contributed by atoms with Crippen LogP contribution >= 0.6 is 31.9 Å². The number of benzene rings is 1. The fourth-order valence-electron chi connectivity index (χ4n) is 0.801. The van der Waals surface area contributed by atoms with Crippen LogP contribution in [0.15, 0.2) is 21.1 Å². The number of ether oxygens (including phenoxy) is 1. The average Bonchev–Trinajstić information content (AvgIpc) is 2.09. The number of nitro groups is 1. The first-order chi connectivity index (χ1) is 6.06. The van der Waals surface area contributed by atoms with E-state index in [0.717, 1.165) is 0 Å². The SMILES string of the molecule is COc1cc(Br)c(Br)c([N+](=O)[O-])c1. The van der Waals surface area contributed by atoms with Gasteiger partial charge in [0.2, 0.25) is 0 Å². The fraction of sp³-hybridized carbons (Fsp3) is 0.143. The van der Waals surface area contributed by atoms with Crippen molar-refractivity contribution in [1.82, 2.24) is 0 Å². The number of methoxy groups -OCH3 is 1. The lowest BCUT2D eigenvalue weighted by molar-refractivity contribution is -0.385. The van der Waals surface area contributed by atoms with E-state index in [-0.39, 0.29) is 5.69 Å². The van der Waals surface area contributed by atoms with E-state index in [0.29, 0.717) is 14.7 Å². The molecule has 0 aliphatic rings. The average molecular weight is 311 g/mol. The Morgan fingerprint density at radius 2 is 2.08 bits per heavy atom. The van der Waals surface area contributed by atoms with Gasteiger partial charge in [-0.2, -0.15) is 0 Å². The van der Waals surface area contributed by atoms with E-state index in [2.05, 4.69) is 31.9 Å². The van der Waals surface area contributed by atoms with Crippen molar-refractivity contribution in [2.45, 2.75) is 0 Å². The van der Waals surface area contributed by atoms with Crippen LogP contribution in [0.1, 0.15) is 0 Å². The normalized spacial score (nSPS) is 9.77. The minimum absolute atomic E-state index is 0.0220. The molecule has 1 rings (SSSR count). The Morgan fingerprint density at radius 3 is 2.54 bits per heavy atom. The van der Waals surface area contributed by atoms with E-state index >= 15 is 0 Å². The van der Waals surface area contributed by atoms with Gasteiger partial charge in [-0.25, -0.2) is 0 Å². The molecule has 70 valence electrons. The lowest BCUT2D eigenvalue weighted by Gasteiger charge is -2.02. The van der Waals surface area contributed by atoms with Crippen molar-refractivity contribution in [3.63, 3.8) is 0 Å².